The maximum absolute atomic E-state index is 3.85. The van der Waals surface area contributed by atoms with Crippen LogP contribution in [0.15, 0.2) is 12.3 Å². The Balaban J connectivity index is 4.20. The first-order valence-electron chi connectivity index (χ1n) is 3.96. The summed E-state index contributed by atoms with van der Waals surface area (Å²) in [5.74, 6) is 0.590. The molecule has 2 nitrogen and oxygen atoms in total. The fourth-order valence-electron chi connectivity index (χ4n) is 1.52. The van der Waals surface area contributed by atoms with Gasteiger partial charge in [-0.1, -0.05) is 6.55 Å². The highest BCUT2D eigenvalue weighted by atomic mass is 28.3. The van der Waals surface area contributed by atoms with Crippen LogP contribution in [0, 0.1) is 0 Å². The molecule has 0 aliphatic rings. The average Bonchev–Trinajstić information content (AvgIpc) is 1.85. The van der Waals surface area contributed by atoms with Crippen LogP contribution in [0.3, 0.4) is 0 Å². The second kappa shape index (κ2) is 4.69. The third kappa shape index (κ3) is 3.18. The van der Waals surface area contributed by atoms with Crippen molar-refractivity contribution < 1.29 is 0 Å². The van der Waals surface area contributed by atoms with Crippen molar-refractivity contribution >= 4 is 8.80 Å². The van der Waals surface area contributed by atoms with E-state index in [0.717, 1.165) is 0 Å². The van der Waals surface area contributed by atoms with Gasteiger partial charge in [-0.15, -0.1) is 12.3 Å². The third-order valence-corrected chi connectivity index (χ3v) is 4.78. The summed E-state index contributed by atoms with van der Waals surface area (Å²) in [4.78, 5) is 4.52. The van der Waals surface area contributed by atoms with Crippen LogP contribution in [0.4, 0.5) is 0 Å². The molecule has 0 aliphatic heterocycles. The van der Waals surface area contributed by atoms with Crippen LogP contribution in [0.5, 0.6) is 0 Å². The van der Waals surface area contributed by atoms with E-state index in [9.17, 15) is 0 Å². The van der Waals surface area contributed by atoms with Gasteiger partial charge in [0.2, 0.25) is 0 Å². The fourth-order valence-corrected chi connectivity index (χ4v) is 3.65. The average molecular weight is 172 g/mol. The molecule has 0 radical (unpaired) electrons. The molecule has 3 heteroatoms. The summed E-state index contributed by atoms with van der Waals surface area (Å²) in [6.45, 7) is 6.17. The van der Waals surface area contributed by atoms with Crippen molar-refractivity contribution in [2.45, 2.75) is 12.3 Å². The summed E-state index contributed by atoms with van der Waals surface area (Å²) < 4.78 is 0. The molecule has 1 unspecified atom stereocenters. The summed E-state index contributed by atoms with van der Waals surface area (Å²) in [7, 11) is 7.69. The Morgan fingerprint density at radius 2 is 1.55 bits per heavy atom. The van der Waals surface area contributed by atoms with Crippen LogP contribution in [0.25, 0.3) is 0 Å². The highest BCUT2D eigenvalue weighted by molar-refractivity contribution is 6.64. The highest BCUT2D eigenvalue weighted by Gasteiger charge is 2.19. The summed E-state index contributed by atoms with van der Waals surface area (Å²) in [6, 6.07) is 0. The Labute approximate surface area is 72.1 Å². The molecule has 0 saturated carbocycles. The monoisotopic (exact) mass is 172 g/mol. The number of nitrogens with zero attached hydrogens (tertiary/aromatic N) is 2. The first-order chi connectivity index (χ1) is 5.00. The zero-order chi connectivity index (χ0) is 9.02. The fraction of sp³-hybridized carbons (Fsp3) is 0.750. The second-order valence-electron chi connectivity index (χ2n) is 3.44. The van der Waals surface area contributed by atoms with Crippen molar-refractivity contribution in [1.29, 1.82) is 0 Å². The van der Waals surface area contributed by atoms with Crippen LogP contribution in [-0.4, -0.2) is 52.6 Å². The van der Waals surface area contributed by atoms with E-state index in [0.29, 0.717) is 5.79 Å². The molecule has 0 N–H and O–H groups in total. The van der Waals surface area contributed by atoms with Gasteiger partial charge in [0.25, 0.3) is 0 Å². The standard InChI is InChI=1S/C8H20N2Si/c1-7-11(6)8(9(2)3)10(4)5/h7-8,11H,1H2,2-6H3. The van der Waals surface area contributed by atoms with Gasteiger partial charge in [-0.25, -0.2) is 0 Å². The number of hydrogen-bond donors (Lipinski definition) is 0. The zero-order valence-electron chi connectivity index (χ0n) is 8.33. The molecule has 1 atom stereocenters. The van der Waals surface area contributed by atoms with Crippen molar-refractivity contribution in [2.24, 2.45) is 0 Å². The Kier molecular flexibility index (Phi) is 4.64. The second-order valence-corrected chi connectivity index (χ2v) is 6.22. The molecule has 0 heterocycles. The minimum atomic E-state index is -0.796. The summed E-state index contributed by atoms with van der Waals surface area (Å²) in [5.41, 5.74) is 2.13. The van der Waals surface area contributed by atoms with Gasteiger partial charge in [-0.3, -0.25) is 9.80 Å². The Bertz CT molecular complexity index is 115. The van der Waals surface area contributed by atoms with E-state index in [4.69, 9.17) is 0 Å². The summed E-state index contributed by atoms with van der Waals surface area (Å²) in [6.07, 6.45) is 0. The molecule has 66 valence electrons. The minimum Gasteiger partial charge on any atom is -0.297 e. The van der Waals surface area contributed by atoms with Crippen LogP contribution in [0.2, 0.25) is 6.55 Å². The lowest BCUT2D eigenvalue weighted by atomic mass is 10.8. The molecule has 0 aromatic carbocycles. The molecule has 0 spiro atoms. The lowest BCUT2D eigenvalue weighted by Gasteiger charge is -2.33. The molecular weight excluding hydrogens is 152 g/mol. The van der Waals surface area contributed by atoms with Gasteiger partial charge in [-0.05, 0) is 28.2 Å². The van der Waals surface area contributed by atoms with E-state index in [-0.39, 0.29) is 0 Å². The Hall–Kier alpha value is -0.123. The van der Waals surface area contributed by atoms with Gasteiger partial charge >= 0.3 is 0 Å². The van der Waals surface area contributed by atoms with Crippen molar-refractivity contribution in [1.82, 2.24) is 9.80 Å². The van der Waals surface area contributed by atoms with E-state index >= 15 is 0 Å². The molecule has 0 aromatic rings. The van der Waals surface area contributed by atoms with Gasteiger partial charge in [-0.2, -0.15) is 0 Å². The van der Waals surface area contributed by atoms with Crippen molar-refractivity contribution in [3.63, 3.8) is 0 Å². The Morgan fingerprint density at radius 3 is 1.64 bits per heavy atom. The Morgan fingerprint density at radius 1 is 1.18 bits per heavy atom. The van der Waals surface area contributed by atoms with Crippen LogP contribution >= 0.6 is 0 Å². The number of hydrogen-bond acceptors (Lipinski definition) is 2. The minimum absolute atomic E-state index is 0.590. The largest absolute Gasteiger partial charge is 0.297 e. The maximum atomic E-state index is 3.85. The molecule has 0 amide bonds. The number of rotatable bonds is 4. The molecule has 0 aromatic heterocycles. The molecule has 11 heavy (non-hydrogen) atoms. The summed E-state index contributed by atoms with van der Waals surface area (Å²) >= 11 is 0. The SMILES string of the molecule is C=C[SiH](C)C(N(C)C)N(C)C. The molecule has 0 rings (SSSR count). The normalized spacial score (nSPS) is 14.5. The van der Waals surface area contributed by atoms with Gasteiger partial charge in [0.1, 0.15) is 0 Å². The molecule has 0 aliphatic carbocycles. The maximum Gasteiger partial charge on any atom is 0.0948 e. The molecular formula is C8H20N2Si. The lowest BCUT2D eigenvalue weighted by molar-refractivity contribution is 0.198. The predicted octanol–water partition coefficient (Wildman–Crippen LogP) is 0.557. The van der Waals surface area contributed by atoms with Crippen molar-refractivity contribution in [3.8, 4) is 0 Å². The topological polar surface area (TPSA) is 6.48 Å². The van der Waals surface area contributed by atoms with Gasteiger partial charge in [0, 0.05) is 0 Å². The van der Waals surface area contributed by atoms with E-state index in [1.165, 1.54) is 0 Å². The van der Waals surface area contributed by atoms with Gasteiger partial charge < -0.3 is 0 Å². The van der Waals surface area contributed by atoms with Crippen LogP contribution < -0.4 is 0 Å². The molecule has 0 fully saturated rings. The quantitative estimate of drug-likeness (QED) is 0.451. The summed E-state index contributed by atoms with van der Waals surface area (Å²) in [5, 5.41) is 0. The van der Waals surface area contributed by atoms with E-state index in [1.54, 1.807) is 0 Å². The van der Waals surface area contributed by atoms with Crippen molar-refractivity contribution in [3.05, 3.63) is 12.3 Å². The first kappa shape index (κ1) is 10.9. The van der Waals surface area contributed by atoms with E-state index < -0.39 is 8.80 Å². The van der Waals surface area contributed by atoms with Gasteiger partial charge in [0.15, 0.2) is 0 Å². The smallest absolute Gasteiger partial charge is 0.0948 e. The zero-order valence-corrected chi connectivity index (χ0v) is 9.49. The van der Waals surface area contributed by atoms with Crippen LogP contribution in [-0.2, 0) is 0 Å². The predicted molar refractivity (Wildman–Crippen MR) is 54.4 cm³/mol. The lowest BCUT2D eigenvalue weighted by Crippen LogP contribution is -2.49. The highest BCUT2D eigenvalue weighted by Crippen LogP contribution is 2.02. The van der Waals surface area contributed by atoms with E-state index in [1.807, 2.05) is 0 Å². The van der Waals surface area contributed by atoms with Crippen LogP contribution in [0.1, 0.15) is 0 Å². The van der Waals surface area contributed by atoms with Gasteiger partial charge in [0.05, 0.1) is 14.6 Å². The molecule has 0 bridgehead atoms. The van der Waals surface area contributed by atoms with E-state index in [2.05, 4.69) is 56.8 Å². The molecule has 0 saturated heterocycles. The third-order valence-electron chi connectivity index (χ3n) is 1.90. The van der Waals surface area contributed by atoms with Crippen molar-refractivity contribution in [2.75, 3.05) is 28.2 Å². The first-order valence-corrected chi connectivity index (χ1v) is 6.45.